The highest BCUT2D eigenvalue weighted by molar-refractivity contribution is 5.70. The average molecular weight is 790 g/mol. The molecule has 2 atom stereocenters. The van der Waals surface area contributed by atoms with E-state index in [1.54, 1.807) is 21.1 Å². The quantitative estimate of drug-likeness (QED) is 0.0263. The fraction of sp³-hybridized carbons (Fsp3) is 0.812. The van der Waals surface area contributed by atoms with Gasteiger partial charge in [-0.15, -0.1) is 0 Å². The van der Waals surface area contributed by atoms with Crippen molar-refractivity contribution in [3.8, 4) is 0 Å². The lowest BCUT2D eigenvalue weighted by Gasteiger charge is -2.34. The predicted octanol–water partition coefficient (Wildman–Crippen LogP) is 11.3. The summed E-state index contributed by atoms with van der Waals surface area (Å²) in [6, 6.07) is -0.728. The van der Waals surface area contributed by atoms with Crippen molar-refractivity contribution < 1.29 is 38.2 Å². The van der Waals surface area contributed by atoms with E-state index in [-0.39, 0.29) is 42.7 Å². The number of carbonyl (C=O) groups excluding carboxylic acids is 3. The molecule has 0 aromatic carbocycles. The van der Waals surface area contributed by atoms with Gasteiger partial charge in [0.05, 0.1) is 40.3 Å². The lowest BCUT2D eigenvalue weighted by atomic mass is 10.1. The Labute approximate surface area is 344 Å². The summed E-state index contributed by atoms with van der Waals surface area (Å²) < 4.78 is 17.2. The number of carboxylic acid groups (broad SMARTS) is 1. The highest BCUT2D eigenvalue weighted by Crippen LogP contribution is 2.14. The number of likely N-dealkylation sites (N-methyl/N-ethyl adjacent to an activating group) is 1. The molecule has 0 spiro atoms. The summed E-state index contributed by atoms with van der Waals surface area (Å²) >= 11 is 0. The van der Waals surface area contributed by atoms with Crippen LogP contribution < -0.4 is 5.11 Å². The van der Waals surface area contributed by atoms with Crippen LogP contribution >= 0.6 is 0 Å². The molecule has 0 radical (unpaired) electrons. The summed E-state index contributed by atoms with van der Waals surface area (Å²) in [5.74, 6) is -1.75. The van der Waals surface area contributed by atoms with Crippen molar-refractivity contribution in [1.82, 2.24) is 0 Å². The third-order valence-corrected chi connectivity index (χ3v) is 10.2. The number of rotatable bonds is 41. The molecule has 0 aliphatic carbocycles. The van der Waals surface area contributed by atoms with Crippen molar-refractivity contribution in [3.63, 3.8) is 0 Å². The maximum absolute atomic E-state index is 12.7. The first-order valence-corrected chi connectivity index (χ1v) is 23.0. The van der Waals surface area contributed by atoms with Crippen LogP contribution in [0.15, 0.2) is 36.5 Å². The van der Waals surface area contributed by atoms with Gasteiger partial charge in [0.15, 0.2) is 6.10 Å². The zero-order valence-electron chi connectivity index (χ0n) is 37.1. The minimum Gasteiger partial charge on any atom is -0.544 e. The lowest BCUT2D eigenvalue weighted by molar-refractivity contribution is -0.889. The summed E-state index contributed by atoms with van der Waals surface area (Å²) in [6.45, 7) is 4.62. The molecular weight excluding hydrogens is 703 g/mol. The van der Waals surface area contributed by atoms with E-state index in [2.05, 4.69) is 50.3 Å². The van der Waals surface area contributed by atoms with Crippen molar-refractivity contribution in [2.45, 2.75) is 212 Å². The van der Waals surface area contributed by atoms with Crippen molar-refractivity contribution in [2.75, 3.05) is 41.0 Å². The second-order valence-corrected chi connectivity index (χ2v) is 16.6. The second-order valence-electron chi connectivity index (χ2n) is 16.6. The number of carbonyl (C=O) groups is 3. The normalized spacial score (nSPS) is 13.2. The number of carboxylic acids is 1. The van der Waals surface area contributed by atoms with Crippen LogP contribution in [0, 0.1) is 0 Å². The Morgan fingerprint density at radius 3 is 1.43 bits per heavy atom. The zero-order valence-corrected chi connectivity index (χ0v) is 37.1. The maximum atomic E-state index is 12.7. The number of allylic oxidation sites excluding steroid dienone is 6. The summed E-state index contributed by atoms with van der Waals surface area (Å²) in [4.78, 5) is 36.9. The molecule has 0 saturated carbocycles. The molecule has 0 aliphatic rings. The number of ether oxygens (including phenoxy) is 3. The Kier molecular flexibility index (Phi) is 37.7. The SMILES string of the molecule is CCCCC/C=C\C/C=C\CCCCCCCC(=O)OC(COCCC(C(=O)[O-])[N+](C)(C)C)COC(=O)CCCCCCCCC/C=C\CCCCCCCC. The molecule has 0 aliphatic heterocycles. The van der Waals surface area contributed by atoms with E-state index in [1.165, 1.54) is 103 Å². The van der Waals surface area contributed by atoms with Gasteiger partial charge in [-0.2, -0.15) is 0 Å². The highest BCUT2D eigenvalue weighted by Gasteiger charge is 2.25. The van der Waals surface area contributed by atoms with E-state index in [1.807, 2.05) is 0 Å². The number of nitrogens with zero attached hydrogens (tertiary/aromatic N) is 1. The van der Waals surface area contributed by atoms with Crippen LogP contribution in [0.3, 0.4) is 0 Å². The van der Waals surface area contributed by atoms with Crippen LogP contribution in [0.5, 0.6) is 0 Å². The highest BCUT2D eigenvalue weighted by atomic mass is 16.6. The Morgan fingerprint density at radius 1 is 0.536 bits per heavy atom. The summed E-state index contributed by atoms with van der Waals surface area (Å²) in [6.07, 6.45) is 44.5. The molecule has 326 valence electrons. The Morgan fingerprint density at radius 2 is 0.946 bits per heavy atom. The Bertz CT molecular complexity index is 1020. The molecule has 0 amide bonds. The number of hydrogen-bond donors (Lipinski definition) is 0. The van der Waals surface area contributed by atoms with Gasteiger partial charge in [-0.05, 0) is 70.6 Å². The zero-order chi connectivity index (χ0) is 41.4. The topological polar surface area (TPSA) is 102 Å². The largest absolute Gasteiger partial charge is 0.544 e. The van der Waals surface area contributed by atoms with Crippen LogP contribution in [0.4, 0.5) is 0 Å². The van der Waals surface area contributed by atoms with E-state index in [0.29, 0.717) is 12.8 Å². The summed E-state index contributed by atoms with van der Waals surface area (Å²) in [5, 5.41) is 11.6. The molecule has 8 heteroatoms. The molecule has 0 bridgehead atoms. The van der Waals surface area contributed by atoms with E-state index < -0.39 is 18.1 Å². The molecule has 56 heavy (non-hydrogen) atoms. The van der Waals surface area contributed by atoms with Gasteiger partial charge in [0.1, 0.15) is 12.6 Å². The van der Waals surface area contributed by atoms with Gasteiger partial charge in [0.2, 0.25) is 0 Å². The molecule has 0 saturated heterocycles. The number of aliphatic carboxylic acids is 1. The van der Waals surface area contributed by atoms with Gasteiger partial charge in [0.25, 0.3) is 0 Å². The first-order valence-electron chi connectivity index (χ1n) is 23.0. The van der Waals surface area contributed by atoms with Crippen molar-refractivity contribution in [1.29, 1.82) is 0 Å². The van der Waals surface area contributed by atoms with Crippen LogP contribution in [0.1, 0.15) is 200 Å². The molecule has 8 nitrogen and oxygen atoms in total. The minimum absolute atomic E-state index is 0.0347. The van der Waals surface area contributed by atoms with E-state index in [0.717, 1.165) is 64.2 Å². The molecule has 0 aromatic heterocycles. The number of esters is 2. The Balaban J connectivity index is 4.34. The molecule has 0 aromatic rings. The van der Waals surface area contributed by atoms with Gasteiger partial charge < -0.3 is 28.6 Å². The summed E-state index contributed by atoms with van der Waals surface area (Å²) in [7, 11) is 5.40. The second kappa shape index (κ2) is 39.4. The van der Waals surface area contributed by atoms with Crippen molar-refractivity contribution in [2.24, 2.45) is 0 Å². The minimum atomic E-state index is -1.13. The molecule has 2 unspecified atom stereocenters. The first-order chi connectivity index (χ1) is 27.1. The molecular formula is C48H87NO7. The number of hydrogen-bond acceptors (Lipinski definition) is 7. The molecule has 0 heterocycles. The molecule has 0 fully saturated rings. The van der Waals surface area contributed by atoms with Gasteiger partial charge in [-0.1, -0.05) is 147 Å². The number of unbranched alkanes of at least 4 members (excludes halogenated alkanes) is 21. The van der Waals surface area contributed by atoms with E-state index in [4.69, 9.17) is 14.2 Å². The summed E-state index contributed by atoms with van der Waals surface area (Å²) in [5.41, 5.74) is 0. The lowest BCUT2D eigenvalue weighted by Crippen LogP contribution is -2.55. The van der Waals surface area contributed by atoms with E-state index >= 15 is 0 Å². The third-order valence-electron chi connectivity index (χ3n) is 10.2. The van der Waals surface area contributed by atoms with Gasteiger partial charge in [0, 0.05) is 19.3 Å². The average Bonchev–Trinajstić information content (AvgIpc) is 3.15. The Hall–Kier alpha value is -2.45. The number of quaternary nitrogens is 1. The van der Waals surface area contributed by atoms with Crippen LogP contribution in [0.2, 0.25) is 0 Å². The fourth-order valence-corrected chi connectivity index (χ4v) is 6.62. The molecule has 0 rings (SSSR count). The predicted molar refractivity (Wildman–Crippen MR) is 231 cm³/mol. The standard InChI is InChI=1S/C48H87NO7/c1-6-8-10-12-14-16-18-20-22-23-25-26-28-30-32-34-36-38-46(50)55-43-44(42-54-41-40-45(48(52)53)49(3,4)5)56-47(51)39-37-35-33-31-29-27-24-21-19-17-15-13-11-9-7-2/h15,17,20-22,24,44-45H,6-14,16,18-19,23,25-43H2,1-5H3/b17-15-,22-20-,24-21-. The molecule has 0 N–H and O–H groups in total. The van der Waals surface area contributed by atoms with Gasteiger partial charge in [-0.3, -0.25) is 9.59 Å². The van der Waals surface area contributed by atoms with E-state index in [9.17, 15) is 19.5 Å². The smallest absolute Gasteiger partial charge is 0.306 e. The first kappa shape index (κ1) is 53.6. The van der Waals surface area contributed by atoms with Gasteiger partial charge in [-0.25, -0.2) is 0 Å². The van der Waals surface area contributed by atoms with Gasteiger partial charge >= 0.3 is 11.9 Å². The van der Waals surface area contributed by atoms with Crippen LogP contribution in [0.25, 0.3) is 0 Å². The fourth-order valence-electron chi connectivity index (χ4n) is 6.62. The van der Waals surface area contributed by atoms with Crippen LogP contribution in [-0.2, 0) is 28.6 Å². The monoisotopic (exact) mass is 790 g/mol. The maximum Gasteiger partial charge on any atom is 0.306 e. The third kappa shape index (κ3) is 37.1. The van der Waals surface area contributed by atoms with Crippen LogP contribution in [-0.4, -0.2) is 75.5 Å². The van der Waals surface area contributed by atoms with Crippen molar-refractivity contribution >= 4 is 17.9 Å². The van der Waals surface area contributed by atoms with Crippen molar-refractivity contribution in [3.05, 3.63) is 36.5 Å².